The van der Waals surface area contributed by atoms with E-state index in [9.17, 15) is 10.2 Å². The van der Waals surface area contributed by atoms with Gasteiger partial charge >= 0.3 is 0 Å². The van der Waals surface area contributed by atoms with Gasteiger partial charge in [0.15, 0.2) is 0 Å². The predicted molar refractivity (Wildman–Crippen MR) is 61.7 cm³/mol. The van der Waals surface area contributed by atoms with Gasteiger partial charge in [0.05, 0.1) is 12.7 Å². The van der Waals surface area contributed by atoms with E-state index in [1.807, 2.05) is 0 Å². The van der Waals surface area contributed by atoms with Gasteiger partial charge in [-0.25, -0.2) is 0 Å². The molecule has 15 heavy (non-hydrogen) atoms. The monoisotopic (exact) mass is 215 g/mol. The zero-order valence-electron chi connectivity index (χ0n) is 10.3. The molecule has 1 rings (SSSR count). The van der Waals surface area contributed by atoms with Crippen LogP contribution in [0, 0.1) is 11.3 Å². The minimum absolute atomic E-state index is 0.0512. The van der Waals surface area contributed by atoms with Crippen molar-refractivity contribution < 1.29 is 10.2 Å². The lowest BCUT2D eigenvalue weighted by atomic mass is 9.64. The van der Waals surface area contributed by atoms with Crippen molar-refractivity contribution >= 4 is 0 Å². The number of hydrogen-bond acceptors (Lipinski definition) is 3. The van der Waals surface area contributed by atoms with Crippen LogP contribution in [0.15, 0.2) is 0 Å². The molecule has 0 radical (unpaired) electrons. The molecule has 0 aromatic carbocycles. The van der Waals surface area contributed by atoms with Gasteiger partial charge in [-0.15, -0.1) is 0 Å². The van der Waals surface area contributed by atoms with E-state index in [4.69, 9.17) is 0 Å². The second-order valence-electron chi connectivity index (χ2n) is 5.80. The Hall–Kier alpha value is -0.120. The zero-order valence-corrected chi connectivity index (χ0v) is 10.3. The van der Waals surface area contributed by atoms with Crippen molar-refractivity contribution in [3.8, 4) is 0 Å². The summed E-state index contributed by atoms with van der Waals surface area (Å²) in [6.07, 6.45) is 1.59. The summed E-state index contributed by atoms with van der Waals surface area (Å²) in [5, 5.41) is 22.3. The van der Waals surface area contributed by atoms with Crippen LogP contribution >= 0.6 is 0 Å². The molecule has 3 nitrogen and oxygen atoms in total. The van der Waals surface area contributed by atoms with E-state index in [0.717, 1.165) is 12.8 Å². The lowest BCUT2D eigenvalue weighted by Crippen LogP contribution is -2.62. The quantitative estimate of drug-likeness (QED) is 0.644. The summed E-state index contributed by atoms with van der Waals surface area (Å²) in [5.41, 5.74) is -0.0512. The molecule has 3 atom stereocenters. The normalized spacial score (nSPS) is 31.4. The average Bonchev–Trinajstić information content (AvgIpc) is 2.15. The number of nitrogens with one attached hydrogen (secondary N) is 1. The standard InChI is InChI=1S/C12H25NO2/c1-8(2)5-9(7-14)13-10-6-11(15)12(10,3)4/h8-11,13-15H,5-7H2,1-4H3. The summed E-state index contributed by atoms with van der Waals surface area (Å²) >= 11 is 0. The molecule has 0 amide bonds. The van der Waals surface area contributed by atoms with Gasteiger partial charge in [0, 0.05) is 17.5 Å². The van der Waals surface area contributed by atoms with Crippen LogP contribution < -0.4 is 5.32 Å². The summed E-state index contributed by atoms with van der Waals surface area (Å²) in [5.74, 6) is 0.586. The van der Waals surface area contributed by atoms with Gasteiger partial charge in [0.2, 0.25) is 0 Å². The van der Waals surface area contributed by atoms with Gasteiger partial charge in [-0.1, -0.05) is 27.7 Å². The Morgan fingerprint density at radius 3 is 2.33 bits per heavy atom. The highest BCUT2D eigenvalue weighted by Gasteiger charge is 2.47. The Morgan fingerprint density at radius 2 is 2.00 bits per heavy atom. The van der Waals surface area contributed by atoms with Crippen molar-refractivity contribution in [2.75, 3.05) is 6.61 Å². The van der Waals surface area contributed by atoms with Gasteiger partial charge in [0.1, 0.15) is 0 Å². The van der Waals surface area contributed by atoms with E-state index in [1.165, 1.54) is 0 Å². The maximum Gasteiger partial charge on any atom is 0.0621 e. The van der Waals surface area contributed by atoms with Gasteiger partial charge in [-0.05, 0) is 18.8 Å². The van der Waals surface area contributed by atoms with Gasteiger partial charge < -0.3 is 15.5 Å². The molecular weight excluding hydrogens is 190 g/mol. The van der Waals surface area contributed by atoms with E-state index in [0.29, 0.717) is 12.0 Å². The van der Waals surface area contributed by atoms with E-state index >= 15 is 0 Å². The van der Waals surface area contributed by atoms with Gasteiger partial charge in [-0.3, -0.25) is 0 Å². The smallest absolute Gasteiger partial charge is 0.0621 e. The predicted octanol–water partition coefficient (Wildman–Crippen LogP) is 1.14. The van der Waals surface area contributed by atoms with Crippen molar-refractivity contribution in [3.63, 3.8) is 0 Å². The highest BCUT2D eigenvalue weighted by molar-refractivity contribution is 5.02. The summed E-state index contributed by atoms with van der Waals surface area (Å²) in [6, 6.07) is 0.505. The second-order valence-corrected chi connectivity index (χ2v) is 5.80. The molecule has 0 spiro atoms. The molecule has 0 saturated heterocycles. The van der Waals surface area contributed by atoms with Crippen LogP contribution in [-0.4, -0.2) is 35.0 Å². The maximum absolute atomic E-state index is 9.61. The molecule has 90 valence electrons. The fourth-order valence-electron chi connectivity index (χ4n) is 2.23. The van der Waals surface area contributed by atoms with Crippen LogP contribution in [0.4, 0.5) is 0 Å². The average molecular weight is 215 g/mol. The van der Waals surface area contributed by atoms with Crippen molar-refractivity contribution in [1.29, 1.82) is 0 Å². The minimum Gasteiger partial charge on any atom is -0.395 e. The highest BCUT2D eigenvalue weighted by Crippen LogP contribution is 2.40. The van der Waals surface area contributed by atoms with E-state index in [1.54, 1.807) is 0 Å². The summed E-state index contributed by atoms with van der Waals surface area (Å²) < 4.78 is 0. The van der Waals surface area contributed by atoms with Crippen LogP contribution in [0.5, 0.6) is 0 Å². The molecule has 1 aliphatic carbocycles. The number of aliphatic hydroxyl groups excluding tert-OH is 2. The van der Waals surface area contributed by atoms with Crippen molar-refractivity contribution in [2.45, 2.75) is 58.7 Å². The molecule has 0 aliphatic heterocycles. The summed E-state index contributed by atoms with van der Waals surface area (Å²) in [6.45, 7) is 8.64. The molecule has 0 aromatic rings. The van der Waals surface area contributed by atoms with Crippen molar-refractivity contribution in [3.05, 3.63) is 0 Å². The molecule has 1 saturated carbocycles. The second kappa shape index (κ2) is 4.81. The van der Waals surface area contributed by atoms with Crippen molar-refractivity contribution in [1.82, 2.24) is 5.32 Å². The third-order valence-electron chi connectivity index (χ3n) is 3.63. The fourth-order valence-corrected chi connectivity index (χ4v) is 2.23. The molecule has 3 unspecified atom stereocenters. The Morgan fingerprint density at radius 1 is 1.40 bits per heavy atom. The van der Waals surface area contributed by atoms with E-state index in [-0.39, 0.29) is 24.2 Å². The van der Waals surface area contributed by atoms with Crippen LogP contribution in [0.2, 0.25) is 0 Å². The minimum atomic E-state index is -0.201. The number of hydrogen-bond donors (Lipinski definition) is 3. The Bertz CT molecular complexity index is 204. The SMILES string of the molecule is CC(C)CC(CO)NC1CC(O)C1(C)C. The third kappa shape index (κ3) is 2.92. The zero-order chi connectivity index (χ0) is 11.6. The maximum atomic E-state index is 9.61. The first-order valence-corrected chi connectivity index (χ1v) is 5.93. The van der Waals surface area contributed by atoms with Crippen molar-refractivity contribution in [2.24, 2.45) is 11.3 Å². The van der Waals surface area contributed by atoms with Crippen LogP contribution in [0.25, 0.3) is 0 Å². The number of rotatable bonds is 5. The van der Waals surface area contributed by atoms with Gasteiger partial charge in [0.25, 0.3) is 0 Å². The van der Waals surface area contributed by atoms with Crippen LogP contribution in [0.3, 0.4) is 0 Å². The van der Waals surface area contributed by atoms with E-state index in [2.05, 4.69) is 33.0 Å². The molecule has 1 fully saturated rings. The topological polar surface area (TPSA) is 52.5 Å². The first kappa shape index (κ1) is 12.9. The van der Waals surface area contributed by atoms with Crippen LogP contribution in [0.1, 0.15) is 40.5 Å². The Kier molecular flexibility index (Phi) is 4.15. The van der Waals surface area contributed by atoms with Crippen LogP contribution in [-0.2, 0) is 0 Å². The summed E-state index contributed by atoms with van der Waals surface area (Å²) in [7, 11) is 0. The lowest BCUT2D eigenvalue weighted by Gasteiger charge is -2.51. The molecule has 0 aromatic heterocycles. The summed E-state index contributed by atoms with van der Waals surface area (Å²) in [4.78, 5) is 0. The Balaban J connectivity index is 2.40. The highest BCUT2D eigenvalue weighted by atomic mass is 16.3. The molecule has 1 aliphatic rings. The third-order valence-corrected chi connectivity index (χ3v) is 3.63. The van der Waals surface area contributed by atoms with Gasteiger partial charge in [-0.2, -0.15) is 0 Å². The first-order valence-electron chi connectivity index (χ1n) is 5.93. The Labute approximate surface area is 92.9 Å². The fraction of sp³-hybridized carbons (Fsp3) is 1.00. The largest absolute Gasteiger partial charge is 0.395 e. The molecular formula is C12H25NO2. The lowest BCUT2D eigenvalue weighted by molar-refractivity contribution is -0.0782. The molecule has 3 heteroatoms. The molecule has 3 N–H and O–H groups in total. The molecule has 0 bridgehead atoms. The molecule has 0 heterocycles. The number of aliphatic hydroxyl groups is 2. The first-order chi connectivity index (χ1) is 6.87. The van der Waals surface area contributed by atoms with E-state index < -0.39 is 0 Å².